The first-order valence-corrected chi connectivity index (χ1v) is 7.00. The Kier molecular flexibility index (Phi) is 9.14. The second kappa shape index (κ2) is 9.97. The van der Waals surface area contributed by atoms with Crippen molar-refractivity contribution in [2.24, 2.45) is 0 Å². The van der Waals surface area contributed by atoms with Crippen LogP contribution in [0.4, 0.5) is 5.69 Å². The predicted octanol–water partition coefficient (Wildman–Crippen LogP) is 2.17. The van der Waals surface area contributed by atoms with Crippen LogP contribution in [0.1, 0.15) is 25.4 Å². The number of aryl methyl sites for hydroxylation is 2. The Labute approximate surface area is 146 Å². The van der Waals surface area contributed by atoms with E-state index in [0.29, 0.717) is 12.2 Å². The topological polar surface area (TPSA) is 83.9 Å². The SMILES string of the molecule is CCc1cc(N(C)C)cc(=O)o1.CCc1cc(O)cc(=O)o1.[V]. The fraction of sp³-hybridized carbons (Fsp3) is 0.375. The van der Waals surface area contributed by atoms with Gasteiger partial charge in [-0.1, -0.05) is 13.8 Å². The van der Waals surface area contributed by atoms with Crippen molar-refractivity contribution < 1.29 is 32.5 Å². The zero-order valence-electron chi connectivity index (χ0n) is 13.7. The van der Waals surface area contributed by atoms with Crippen LogP contribution >= 0.6 is 0 Å². The minimum Gasteiger partial charge on any atom is -0.508 e. The van der Waals surface area contributed by atoms with Gasteiger partial charge in [-0.05, 0) is 0 Å². The Morgan fingerprint density at radius 1 is 0.913 bits per heavy atom. The second-order valence-corrected chi connectivity index (χ2v) is 4.80. The molecular weight excluding hydrogens is 337 g/mol. The van der Waals surface area contributed by atoms with Crippen LogP contribution in [0.3, 0.4) is 0 Å². The number of anilines is 1. The normalized spacial score (nSPS) is 9.39. The zero-order chi connectivity index (χ0) is 16.7. The smallest absolute Gasteiger partial charge is 0.339 e. The fourth-order valence-corrected chi connectivity index (χ4v) is 1.64. The molecule has 7 heteroatoms. The predicted molar refractivity (Wildman–Crippen MR) is 84.7 cm³/mol. The molecule has 0 saturated carbocycles. The average molecular weight is 358 g/mol. The fourth-order valence-electron chi connectivity index (χ4n) is 1.64. The van der Waals surface area contributed by atoms with Crippen LogP contribution in [0.2, 0.25) is 0 Å². The maximum atomic E-state index is 11.0. The summed E-state index contributed by atoms with van der Waals surface area (Å²) in [5, 5.41) is 8.86. The van der Waals surface area contributed by atoms with Crippen molar-refractivity contribution in [2.75, 3.05) is 19.0 Å². The number of hydrogen-bond acceptors (Lipinski definition) is 6. The van der Waals surface area contributed by atoms with Gasteiger partial charge in [-0.25, -0.2) is 9.59 Å². The van der Waals surface area contributed by atoms with E-state index < -0.39 is 5.63 Å². The van der Waals surface area contributed by atoms with E-state index in [0.717, 1.165) is 23.9 Å². The van der Waals surface area contributed by atoms with Crippen LogP contribution < -0.4 is 16.2 Å². The van der Waals surface area contributed by atoms with Gasteiger partial charge in [0.15, 0.2) is 0 Å². The van der Waals surface area contributed by atoms with E-state index >= 15 is 0 Å². The van der Waals surface area contributed by atoms with Crippen molar-refractivity contribution in [3.8, 4) is 5.75 Å². The van der Waals surface area contributed by atoms with Gasteiger partial charge in [-0.3, -0.25) is 0 Å². The first-order chi connectivity index (χ1) is 10.3. The zero-order valence-corrected chi connectivity index (χ0v) is 15.1. The molecule has 0 amide bonds. The molecule has 125 valence electrons. The Morgan fingerprint density at radius 2 is 1.39 bits per heavy atom. The molecule has 2 rings (SSSR count). The standard InChI is InChI=1S/C9H13NO2.C7H8O3.V/c1-4-8-5-7(10(2)3)6-9(11)12-8;1-2-6-3-5(8)4-7(9)10-6;/h5-6H,4H2,1-3H3;3-4,8H,2H2,1H3;. The molecule has 0 aromatic carbocycles. The average Bonchev–Trinajstić information content (AvgIpc) is 2.46. The molecular formula is C16H21NO5V. The van der Waals surface area contributed by atoms with E-state index in [2.05, 4.69) is 0 Å². The first-order valence-electron chi connectivity index (χ1n) is 7.00. The van der Waals surface area contributed by atoms with Gasteiger partial charge in [-0.15, -0.1) is 0 Å². The monoisotopic (exact) mass is 358 g/mol. The van der Waals surface area contributed by atoms with Crippen molar-refractivity contribution in [3.05, 3.63) is 56.6 Å². The van der Waals surface area contributed by atoms with Gasteiger partial charge in [-0.2, -0.15) is 0 Å². The molecule has 0 aliphatic heterocycles. The third kappa shape index (κ3) is 7.26. The molecule has 0 aliphatic carbocycles. The molecule has 0 fully saturated rings. The van der Waals surface area contributed by atoms with Crippen molar-refractivity contribution in [3.63, 3.8) is 0 Å². The molecule has 0 aliphatic rings. The van der Waals surface area contributed by atoms with Crippen molar-refractivity contribution in [2.45, 2.75) is 26.7 Å². The van der Waals surface area contributed by atoms with Crippen LogP contribution in [-0.4, -0.2) is 19.2 Å². The summed E-state index contributed by atoms with van der Waals surface area (Å²) in [4.78, 5) is 23.4. The minimum atomic E-state index is -0.503. The van der Waals surface area contributed by atoms with Crippen LogP contribution in [0.5, 0.6) is 5.75 Å². The van der Waals surface area contributed by atoms with Gasteiger partial charge in [0.1, 0.15) is 17.3 Å². The molecule has 1 N–H and O–H groups in total. The summed E-state index contributed by atoms with van der Waals surface area (Å²) in [7, 11) is 3.79. The minimum absolute atomic E-state index is 0. The van der Waals surface area contributed by atoms with E-state index in [1.807, 2.05) is 38.9 Å². The Bertz CT molecular complexity index is 721. The van der Waals surface area contributed by atoms with Gasteiger partial charge in [0.25, 0.3) is 0 Å². The Balaban J connectivity index is 0.000000409. The van der Waals surface area contributed by atoms with E-state index in [-0.39, 0.29) is 29.9 Å². The van der Waals surface area contributed by atoms with Gasteiger partial charge in [0.05, 0.1) is 6.07 Å². The van der Waals surface area contributed by atoms with Crippen LogP contribution in [0, 0.1) is 0 Å². The third-order valence-electron chi connectivity index (χ3n) is 2.83. The summed E-state index contributed by atoms with van der Waals surface area (Å²) in [5.74, 6) is 1.20. The Morgan fingerprint density at radius 3 is 1.83 bits per heavy atom. The maximum Gasteiger partial charge on any atom is 0.339 e. The van der Waals surface area contributed by atoms with E-state index in [9.17, 15) is 9.59 Å². The molecule has 0 spiro atoms. The van der Waals surface area contributed by atoms with Crippen molar-refractivity contribution in [1.29, 1.82) is 0 Å². The number of nitrogens with zero attached hydrogens (tertiary/aromatic N) is 1. The van der Waals surface area contributed by atoms with Crippen LogP contribution in [-0.2, 0) is 31.4 Å². The molecule has 6 nitrogen and oxygen atoms in total. The van der Waals surface area contributed by atoms with Crippen molar-refractivity contribution >= 4 is 5.69 Å². The largest absolute Gasteiger partial charge is 0.508 e. The molecule has 0 unspecified atom stereocenters. The molecule has 0 atom stereocenters. The summed E-state index contributed by atoms with van der Waals surface area (Å²) in [6, 6.07) is 5.83. The quantitative estimate of drug-likeness (QED) is 0.905. The second-order valence-electron chi connectivity index (χ2n) is 4.80. The molecule has 0 bridgehead atoms. The van der Waals surface area contributed by atoms with E-state index in [1.165, 1.54) is 12.1 Å². The van der Waals surface area contributed by atoms with Crippen LogP contribution in [0.25, 0.3) is 0 Å². The molecule has 23 heavy (non-hydrogen) atoms. The molecule has 0 saturated heterocycles. The first kappa shape index (κ1) is 21.1. The summed E-state index contributed by atoms with van der Waals surface area (Å²) < 4.78 is 9.63. The molecule has 2 heterocycles. The third-order valence-corrected chi connectivity index (χ3v) is 2.83. The maximum absolute atomic E-state index is 11.0. The number of rotatable bonds is 3. The van der Waals surface area contributed by atoms with Gasteiger partial charge < -0.3 is 18.8 Å². The molecule has 1 radical (unpaired) electrons. The van der Waals surface area contributed by atoms with Gasteiger partial charge in [0.2, 0.25) is 0 Å². The number of hydrogen-bond donors (Lipinski definition) is 1. The van der Waals surface area contributed by atoms with Gasteiger partial charge in [0, 0.05) is 69.4 Å². The van der Waals surface area contributed by atoms with Gasteiger partial charge >= 0.3 is 11.3 Å². The van der Waals surface area contributed by atoms with E-state index in [4.69, 9.17) is 13.9 Å². The summed E-state index contributed by atoms with van der Waals surface area (Å²) in [6.45, 7) is 3.80. The molecule has 2 aromatic heterocycles. The van der Waals surface area contributed by atoms with E-state index in [1.54, 1.807) is 0 Å². The summed E-state index contributed by atoms with van der Waals surface area (Å²) >= 11 is 0. The summed E-state index contributed by atoms with van der Waals surface area (Å²) in [5.41, 5.74) is 0.109. The van der Waals surface area contributed by atoms with Crippen LogP contribution in [0.15, 0.2) is 42.7 Å². The van der Waals surface area contributed by atoms with Crippen molar-refractivity contribution in [1.82, 2.24) is 0 Å². The molecule has 2 aromatic rings. The number of aromatic hydroxyl groups is 1. The summed E-state index contributed by atoms with van der Waals surface area (Å²) in [6.07, 6.45) is 1.36. The Hall–Kier alpha value is -1.92.